The van der Waals surface area contributed by atoms with Crippen LogP contribution in [0.15, 0.2) is 48.5 Å². The van der Waals surface area contributed by atoms with E-state index in [4.69, 9.17) is 10.6 Å². The van der Waals surface area contributed by atoms with Gasteiger partial charge >= 0.3 is 0 Å². The number of rotatable bonds is 6. The minimum atomic E-state index is 0.273. The molecule has 0 unspecified atom stereocenters. The van der Waals surface area contributed by atoms with Gasteiger partial charge in [0.25, 0.3) is 0 Å². The van der Waals surface area contributed by atoms with Crippen LogP contribution in [0.25, 0.3) is 0 Å². The maximum Gasteiger partial charge on any atom is 0.122 e. The zero-order valence-electron chi connectivity index (χ0n) is 15.4. The van der Waals surface area contributed by atoms with Gasteiger partial charge in [-0.15, -0.1) is 0 Å². The lowest BCUT2D eigenvalue weighted by Gasteiger charge is -2.39. The molecule has 2 atom stereocenters. The highest BCUT2D eigenvalue weighted by molar-refractivity contribution is 5.38. The molecule has 1 aliphatic heterocycles. The highest BCUT2D eigenvalue weighted by Crippen LogP contribution is 2.38. The lowest BCUT2D eigenvalue weighted by molar-refractivity contribution is 0.0923. The molecule has 0 aromatic heterocycles. The minimum absolute atomic E-state index is 0.273. The summed E-state index contributed by atoms with van der Waals surface area (Å²) >= 11 is 0. The van der Waals surface area contributed by atoms with Crippen LogP contribution in [0.4, 0.5) is 0 Å². The molecular weight excluding hydrogens is 308 g/mol. The molecule has 3 rings (SSSR count). The number of nitrogens with zero attached hydrogens (tertiary/aromatic N) is 1. The van der Waals surface area contributed by atoms with E-state index < -0.39 is 0 Å². The Kier molecular flexibility index (Phi) is 6.11. The van der Waals surface area contributed by atoms with Crippen molar-refractivity contribution in [3.63, 3.8) is 0 Å². The van der Waals surface area contributed by atoms with Crippen molar-refractivity contribution in [1.29, 1.82) is 0 Å². The molecule has 0 saturated carbocycles. The Morgan fingerprint density at radius 3 is 2.68 bits per heavy atom. The van der Waals surface area contributed by atoms with Gasteiger partial charge in [0.15, 0.2) is 0 Å². The van der Waals surface area contributed by atoms with Crippen molar-refractivity contribution in [3.05, 3.63) is 65.2 Å². The summed E-state index contributed by atoms with van der Waals surface area (Å²) in [6.07, 6.45) is 5.65. The number of benzene rings is 2. The molecule has 0 bridgehead atoms. The molecule has 2 N–H and O–H groups in total. The van der Waals surface area contributed by atoms with Gasteiger partial charge < -0.3 is 4.74 Å². The number of piperidine rings is 1. The number of hydrazine groups is 1. The number of hydrogen-bond donors (Lipinski definition) is 1. The smallest absolute Gasteiger partial charge is 0.122 e. The van der Waals surface area contributed by atoms with E-state index in [9.17, 15) is 0 Å². The topological polar surface area (TPSA) is 38.5 Å². The molecular formula is C22H30N2O. The number of hydrogen-bond acceptors (Lipinski definition) is 3. The van der Waals surface area contributed by atoms with Crippen molar-refractivity contribution in [1.82, 2.24) is 5.01 Å². The average Bonchev–Trinajstić information content (AvgIpc) is 2.63. The molecule has 0 spiro atoms. The van der Waals surface area contributed by atoms with Crippen molar-refractivity contribution in [2.75, 3.05) is 13.7 Å². The highest BCUT2D eigenvalue weighted by Gasteiger charge is 2.31. The molecule has 0 radical (unpaired) electrons. The van der Waals surface area contributed by atoms with Crippen LogP contribution in [0.3, 0.4) is 0 Å². The molecule has 1 saturated heterocycles. The van der Waals surface area contributed by atoms with Crippen molar-refractivity contribution in [2.24, 2.45) is 11.8 Å². The first-order valence-corrected chi connectivity index (χ1v) is 9.45. The van der Waals surface area contributed by atoms with Crippen LogP contribution >= 0.6 is 0 Å². The Hall–Kier alpha value is -1.84. The van der Waals surface area contributed by atoms with Crippen molar-refractivity contribution in [3.8, 4) is 5.75 Å². The zero-order chi connectivity index (χ0) is 17.6. The minimum Gasteiger partial charge on any atom is -0.496 e. The molecule has 2 aromatic rings. The fourth-order valence-corrected chi connectivity index (χ4v) is 4.15. The summed E-state index contributed by atoms with van der Waals surface area (Å²) in [5.41, 5.74) is 4.03. The fourth-order valence-electron chi connectivity index (χ4n) is 4.15. The van der Waals surface area contributed by atoms with E-state index in [1.165, 1.54) is 29.5 Å². The fraction of sp³-hybridized carbons (Fsp3) is 0.455. The van der Waals surface area contributed by atoms with Crippen LogP contribution in [0.2, 0.25) is 0 Å². The first-order valence-electron chi connectivity index (χ1n) is 9.45. The monoisotopic (exact) mass is 338 g/mol. The van der Waals surface area contributed by atoms with E-state index >= 15 is 0 Å². The lowest BCUT2D eigenvalue weighted by atomic mass is 9.81. The van der Waals surface area contributed by atoms with E-state index in [1.54, 1.807) is 7.11 Å². The van der Waals surface area contributed by atoms with Gasteiger partial charge in [0.2, 0.25) is 0 Å². The Balaban J connectivity index is 1.88. The quantitative estimate of drug-likeness (QED) is 0.787. The van der Waals surface area contributed by atoms with Crippen LogP contribution in [0, 0.1) is 5.92 Å². The molecule has 0 aliphatic carbocycles. The van der Waals surface area contributed by atoms with Crippen LogP contribution < -0.4 is 10.6 Å². The SMILES string of the molecule is CCCc1ccc(OC)c(C[C@@H]2CCCN(N)[C@@H]2c2ccccc2)c1. The third kappa shape index (κ3) is 4.23. The predicted molar refractivity (Wildman–Crippen MR) is 103 cm³/mol. The average molecular weight is 338 g/mol. The van der Waals surface area contributed by atoms with Crippen LogP contribution in [0.1, 0.15) is 48.9 Å². The summed E-state index contributed by atoms with van der Waals surface area (Å²) in [6.45, 7) is 3.19. The molecule has 134 valence electrons. The van der Waals surface area contributed by atoms with E-state index in [0.717, 1.165) is 31.6 Å². The maximum atomic E-state index is 6.41. The summed E-state index contributed by atoms with van der Waals surface area (Å²) in [5.74, 6) is 7.91. The second-order valence-corrected chi connectivity index (χ2v) is 7.10. The number of ether oxygens (including phenoxy) is 1. The van der Waals surface area contributed by atoms with Crippen LogP contribution in [0.5, 0.6) is 5.75 Å². The molecule has 3 nitrogen and oxygen atoms in total. The molecule has 1 aliphatic rings. The summed E-state index contributed by atoms with van der Waals surface area (Å²) in [6, 6.07) is 17.6. The summed E-state index contributed by atoms with van der Waals surface area (Å²) in [7, 11) is 1.77. The van der Waals surface area contributed by atoms with Crippen molar-refractivity contribution < 1.29 is 4.74 Å². The third-order valence-corrected chi connectivity index (χ3v) is 5.30. The first kappa shape index (κ1) is 18.0. The van der Waals surface area contributed by atoms with Gasteiger partial charge in [-0.3, -0.25) is 5.84 Å². The van der Waals surface area contributed by atoms with Gasteiger partial charge in [0, 0.05) is 6.54 Å². The van der Waals surface area contributed by atoms with Crippen LogP contribution in [-0.2, 0) is 12.8 Å². The molecule has 3 heteroatoms. The molecule has 0 amide bonds. The summed E-state index contributed by atoms with van der Waals surface area (Å²) < 4.78 is 5.64. The first-order chi connectivity index (χ1) is 12.2. The molecule has 2 aromatic carbocycles. The zero-order valence-corrected chi connectivity index (χ0v) is 15.4. The normalized spacial score (nSPS) is 21.2. The van der Waals surface area contributed by atoms with Gasteiger partial charge in [-0.25, -0.2) is 5.01 Å². The maximum absolute atomic E-state index is 6.41. The van der Waals surface area contributed by atoms with Gasteiger partial charge in [0.1, 0.15) is 5.75 Å². The van der Waals surface area contributed by atoms with Crippen molar-refractivity contribution in [2.45, 2.75) is 45.1 Å². The van der Waals surface area contributed by atoms with Gasteiger partial charge in [-0.1, -0.05) is 55.8 Å². The molecule has 25 heavy (non-hydrogen) atoms. The Morgan fingerprint density at radius 1 is 1.16 bits per heavy atom. The summed E-state index contributed by atoms with van der Waals surface area (Å²) in [4.78, 5) is 0. The van der Waals surface area contributed by atoms with Gasteiger partial charge in [-0.05, 0) is 54.4 Å². The van der Waals surface area contributed by atoms with E-state index in [0.29, 0.717) is 5.92 Å². The second kappa shape index (κ2) is 8.50. The standard InChI is InChI=1S/C22H30N2O/c1-3-8-17-12-13-21(25-2)20(15-17)16-19-11-7-14-24(23)22(19)18-9-5-4-6-10-18/h4-6,9-10,12-13,15,19,22H,3,7-8,11,14,16,23H2,1-2H3/t19-,22+/m0/s1. The highest BCUT2D eigenvalue weighted by atomic mass is 16.5. The Morgan fingerprint density at radius 2 is 1.96 bits per heavy atom. The Labute approximate surface area is 151 Å². The van der Waals surface area contributed by atoms with Crippen LogP contribution in [-0.4, -0.2) is 18.7 Å². The van der Waals surface area contributed by atoms with Gasteiger partial charge in [-0.2, -0.15) is 0 Å². The molecule has 1 heterocycles. The largest absolute Gasteiger partial charge is 0.496 e. The lowest BCUT2D eigenvalue weighted by Crippen LogP contribution is -2.44. The second-order valence-electron chi connectivity index (χ2n) is 7.10. The number of methoxy groups -OCH3 is 1. The number of aryl methyl sites for hydroxylation is 1. The van der Waals surface area contributed by atoms with E-state index in [2.05, 4.69) is 55.5 Å². The van der Waals surface area contributed by atoms with Crippen molar-refractivity contribution >= 4 is 0 Å². The third-order valence-electron chi connectivity index (χ3n) is 5.30. The predicted octanol–water partition coefficient (Wildman–Crippen LogP) is 4.52. The number of nitrogens with two attached hydrogens (primary N) is 1. The van der Waals surface area contributed by atoms with E-state index in [1.807, 2.05) is 5.01 Å². The summed E-state index contributed by atoms with van der Waals surface area (Å²) in [5, 5.41) is 2.03. The van der Waals surface area contributed by atoms with E-state index in [-0.39, 0.29) is 6.04 Å². The Bertz CT molecular complexity index is 671. The molecule has 1 fully saturated rings. The van der Waals surface area contributed by atoms with Gasteiger partial charge in [0.05, 0.1) is 13.2 Å².